The first-order valence-corrected chi connectivity index (χ1v) is 13.6. The molecule has 2 aromatic carbocycles. The minimum absolute atomic E-state index is 0.418. The highest BCUT2D eigenvalue weighted by Gasteiger charge is 2.12. The summed E-state index contributed by atoms with van der Waals surface area (Å²) in [4.78, 5) is 9.49. The molecule has 9 heteroatoms. The van der Waals surface area contributed by atoms with Crippen LogP contribution in [0.1, 0.15) is 25.0 Å². The molecule has 0 spiro atoms. The number of aromatic nitrogens is 2. The van der Waals surface area contributed by atoms with Crippen LogP contribution in [0.5, 0.6) is 0 Å². The van der Waals surface area contributed by atoms with Crippen molar-refractivity contribution >= 4 is 61.7 Å². The Balaban J connectivity index is 0.00000149. The molecule has 0 aliphatic rings. The van der Waals surface area contributed by atoms with Gasteiger partial charge in [-0.1, -0.05) is 67.4 Å². The van der Waals surface area contributed by atoms with E-state index < -0.39 is 11.1 Å². The predicted molar refractivity (Wildman–Crippen MR) is 142 cm³/mol. The minimum atomic E-state index is -1.25. The molecule has 1 atom stereocenters. The summed E-state index contributed by atoms with van der Waals surface area (Å²) in [6, 6.07) is 15.5. The second kappa shape index (κ2) is 12.4. The van der Waals surface area contributed by atoms with Gasteiger partial charge in [0.15, 0.2) is 16.9 Å². The average Bonchev–Trinajstić information content (AvgIpc) is 3.29. The van der Waals surface area contributed by atoms with Crippen molar-refractivity contribution in [2.45, 2.75) is 26.8 Å². The molecule has 1 unspecified atom stereocenters. The Morgan fingerprint density at radius 1 is 1.06 bits per heavy atom. The minimum Gasteiger partial charge on any atom is -0.365 e. The normalized spacial score (nSPS) is 11.7. The molecule has 0 aliphatic heterocycles. The van der Waals surface area contributed by atoms with Gasteiger partial charge < -0.3 is 5.32 Å². The van der Waals surface area contributed by atoms with E-state index in [-0.39, 0.29) is 0 Å². The number of halogens is 2. The molecule has 4 aromatic rings. The monoisotopic (exact) mass is 521 g/mol. The fourth-order valence-electron chi connectivity index (χ4n) is 3.05. The second-order valence-corrected chi connectivity index (χ2v) is 9.59. The van der Waals surface area contributed by atoms with E-state index >= 15 is 0 Å². The zero-order chi connectivity index (χ0) is 23.8. The molecule has 0 bridgehead atoms. The van der Waals surface area contributed by atoms with Crippen LogP contribution in [0, 0.1) is 0 Å². The zero-order valence-corrected chi connectivity index (χ0v) is 21.7. The van der Waals surface area contributed by atoms with Crippen molar-refractivity contribution in [1.29, 1.82) is 0 Å². The van der Waals surface area contributed by atoms with Crippen LogP contribution in [0.3, 0.4) is 0 Å². The highest BCUT2D eigenvalue weighted by Crippen LogP contribution is 2.30. The topological polar surface area (TPSA) is 64.1 Å². The predicted octanol–water partition coefficient (Wildman–Crippen LogP) is 7.16. The first-order valence-electron chi connectivity index (χ1n) is 10.5. The van der Waals surface area contributed by atoms with E-state index in [1.54, 1.807) is 17.4 Å². The third-order valence-electron chi connectivity index (χ3n) is 4.62. The lowest BCUT2D eigenvalue weighted by Gasteiger charge is -2.11. The van der Waals surface area contributed by atoms with Gasteiger partial charge in [-0.3, -0.25) is 4.18 Å². The Hall–Kier alpha value is -2.03. The second-order valence-electron chi connectivity index (χ2n) is 6.79. The van der Waals surface area contributed by atoms with Crippen molar-refractivity contribution in [1.82, 2.24) is 9.97 Å². The highest BCUT2D eigenvalue weighted by atomic mass is 35.5. The first kappa shape index (κ1) is 25.6. The lowest BCUT2D eigenvalue weighted by Crippen LogP contribution is -2.04. The molecular formula is C24H25Cl2N3O2S2. The summed E-state index contributed by atoms with van der Waals surface area (Å²) in [7, 11) is 0. The summed E-state index contributed by atoms with van der Waals surface area (Å²) in [6.45, 7) is 4.94. The molecule has 0 amide bonds. The van der Waals surface area contributed by atoms with Crippen LogP contribution >= 0.6 is 34.5 Å². The molecule has 5 nitrogen and oxygen atoms in total. The largest absolute Gasteiger partial charge is 0.365 e. The summed E-state index contributed by atoms with van der Waals surface area (Å²) in [5.74, 6) is 1.41. The number of hydrogen-bond acceptors (Lipinski definition) is 6. The Kier molecular flexibility index (Phi) is 9.64. The fraction of sp³-hybridized carbons (Fsp3) is 0.250. The van der Waals surface area contributed by atoms with Gasteiger partial charge in [0.2, 0.25) is 0 Å². The number of thiophene rings is 1. The van der Waals surface area contributed by atoms with E-state index in [4.69, 9.17) is 37.4 Å². The maximum atomic E-state index is 11.0. The van der Waals surface area contributed by atoms with Gasteiger partial charge in [-0.15, -0.1) is 11.3 Å². The van der Waals surface area contributed by atoms with Crippen LogP contribution in [-0.2, 0) is 28.2 Å². The summed E-state index contributed by atoms with van der Waals surface area (Å²) in [5.41, 5.74) is 3.85. The van der Waals surface area contributed by atoms with Gasteiger partial charge in [-0.2, -0.15) is 0 Å². The fourth-order valence-corrected chi connectivity index (χ4v) is 4.64. The molecule has 0 saturated heterocycles. The summed E-state index contributed by atoms with van der Waals surface area (Å²) in [6.07, 6.45) is 2.21. The maximum absolute atomic E-state index is 11.0. The van der Waals surface area contributed by atoms with Crippen molar-refractivity contribution in [3.63, 3.8) is 0 Å². The van der Waals surface area contributed by atoms with Crippen LogP contribution < -0.4 is 5.32 Å². The van der Waals surface area contributed by atoms with Gasteiger partial charge in [0.25, 0.3) is 0 Å². The Bertz CT molecular complexity index is 1230. The molecule has 1 N–H and O–H groups in total. The zero-order valence-electron chi connectivity index (χ0n) is 18.6. The van der Waals surface area contributed by atoms with Gasteiger partial charge in [-0.05, 0) is 41.1 Å². The Morgan fingerprint density at radius 3 is 2.52 bits per heavy atom. The lowest BCUT2D eigenvalue weighted by atomic mass is 10.1. The molecule has 2 heterocycles. The van der Waals surface area contributed by atoms with E-state index in [0.29, 0.717) is 35.4 Å². The Labute approximate surface area is 210 Å². The third kappa shape index (κ3) is 6.98. The van der Waals surface area contributed by atoms with Gasteiger partial charge in [0.05, 0.1) is 16.8 Å². The number of nitrogens with zero attached hydrogens (tertiary/aromatic N) is 2. The number of fused-ring (bicyclic) bond motifs is 1. The summed E-state index contributed by atoms with van der Waals surface area (Å²) in [5, 5.41) is 6.62. The van der Waals surface area contributed by atoms with Crippen LogP contribution in [0.2, 0.25) is 10.0 Å². The number of hydrogen-bond donors (Lipinski definition) is 1. The van der Waals surface area contributed by atoms with Crippen LogP contribution in [0.25, 0.3) is 21.6 Å². The molecular weight excluding hydrogens is 497 g/mol. The van der Waals surface area contributed by atoms with Crippen LogP contribution in [0.15, 0.2) is 53.9 Å². The van der Waals surface area contributed by atoms with Crippen molar-refractivity contribution in [3.8, 4) is 11.4 Å². The van der Waals surface area contributed by atoms with Crippen molar-refractivity contribution in [3.05, 3.63) is 75.1 Å². The van der Waals surface area contributed by atoms with Gasteiger partial charge in [0.1, 0.15) is 5.82 Å². The van der Waals surface area contributed by atoms with E-state index in [1.807, 2.05) is 61.7 Å². The van der Waals surface area contributed by atoms with E-state index in [2.05, 4.69) is 5.32 Å². The van der Waals surface area contributed by atoms with E-state index in [0.717, 1.165) is 32.7 Å². The van der Waals surface area contributed by atoms with Gasteiger partial charge >= 0.3 is 0 Å². The SMILES string of the molecule is CC.CS(=O)OCCc1ccc(-c2nc(NCc3ccc(Cl)cc3Cl)c3sccc3n2)cc1. The molecule has 0 saturated carbocycles. The van der Waals surface area contributed by atoms with E-state index in [9.17, 15) is 4.21 Å². The van der Waals surface area contributed by atoms with Crippen molar-refractivity contribution in [2.24, 2.45) is 0 Å². The molecule has 0 fully saturated rings. The standard InChI is InChI=1S/C22H19Cl2N3O2S2.C2H6/c1-31(28)29-10-8-14-2-4-15(5-3-14)21-26-19-9-11-30-20(19)22(27-21)25-13-16-6-7-17(23)12-18(16)24;1-2/h2-7,9,11-12H,8,10,13H2,1H3,(H,25,26,27);1-2H3. The first-order chi connectivity index (χ1) is 16.0. The molecule has 4 rings (SSSR count). The molecule has 33 heavy (non-hydrogen) atoms. The lowest BCUT2D eigenvalue weighted by molar-refractivity contribution is 0.355. The molecule has 0 aliphatic carbocycles. The molecule has 0 radical (unpaired) electrons. The number of anilines is 1. The van der Waals surface area contributed by atoms with Gasteiger partial charge in [0, 0.05) is 28.4 Å². The molecule has 2 aromatic heterocycles. The Morgan fingerprint density at radius 2 is 1.82 bits per heavy atom. The smallest absolute Gasteiger partial charge is 0.162 e. The van der Waals surface area contributed by atoms with Gasteiger partial charge in [-0.25, -0.2) is 14.2 Å². The summed E-state index contributed by atoms with van der Waals surface area (Å²) < 4.78 is 17.1. The third-order valence-corrected chi connectivity index (χ3v) is 6.61. The number of rotatable bonds is 8. The maximum Gasteiger partial charge on any atom is 0.162 e. The number of benzene rings is 2. The summed E-state index contributed by atoms with van der Waals surface area (Å²) >= 11 is 12.7. The van der Waals surface area contributed by atoms with Crippen molar-refractivity contribution in [2.75, 3.05) is 18.2 Å². The average molecular weight is 523 g/mol. The highest BCUT2D eigenvalue weighted by molar-refractivity contribution is 7.79. The van der Waals surface area contributed by atoms with Crippen LogP contribution in [-0.4, -0.2) is 27.0 Å². The van der Waals surface area contributed by atoms with Crippen molar-refractivity contribution < 1.29 is 8.39 Å². The van der Waals surface area contributed by atoms with E-state index in [1.165, 1.54) is 6.26 Å². The molecule has 174 valence electrons. The quantitative estimate of drug-likeness (QED) is 0.266. The van der Waals surface area contributed by atoms with Crippen LogP contribution in [0.4, 0.5) is 5.82 Å². The number of nitrogens with one attached hydrogen (secondary N) is 1.